The zero-order chi connectivity index (χ0) is 15.5. The molecule has 0 aliphatic heterocycles. The lowest BCUT2D eigenvalue weighted by molar-refractivity contribution is -0.144. The fourth-order valence-electron chi connectivity index (χ4n) is 1.28. The van der Waals surface area contributed by atoms with Crippen LogP contribution in [0.15, 0.2) is 18.2 Å². The van der Waals surface area contributed by atoms with Gasteiger partial charge in [-0.05, 0) is 25.1 Å². The van der Waals surface area contributed by atoms with Crippen molar-refractivity contribution >= 4 is 17.6 Å². The van der Waals surface area contributed by atoms with E-state index in [0.717, 1.165) is 13.0 Å². The first-order valence-corrected chi connectivity index (χ1v) is 5.32. The van der Waals surface area contributed by atoms with Gasteiger partial charge in [-0.2, -0.15) is 18.4 Å². The van der Waals surface area contributed by atoms with Crippen molar-refractivity contribution in [1.82, 2.24) is 0 Å². The van der Waals surface area contributed by atoms with Crippen molar-refractivity contribution in [3.05, 3.63) is 29.3 Å². The van der Waals surface area contributed by atoms with E-state index in [1.807, 2.05) is 0 Å². The summed E-state index contributed by atoms with van der Waals surface area (Å²) >= 11 is 0. The number of carboxylic acid groups (broad SMARTS) is 1. The van der Waals surface area contributed by atoms with Crippen LogP contribution in [0.5, 0.6) is 0 Å². The van der Waals surface area contributed by atoms with Gasteiger partial charge in [0.25, 0.3) is 0 Å². The van der Waals surface area contributed by atoms with E-state index >= 15 is 0 Å². The molecule has 0 fully saturated rings. The van der Waals surface area contributed by atoms with Gasteiger partial charge in [-0.1, -0.05) is 0 Å². The molecule has 1 aromatic rings. The van der Waals surface area contributed by atoms with Crippen LogP contribution < -0.4 is 5.32 Å². The van der Waals surface area contributed by atoms with Gasteiger partial charge >= 0.3 is 12.1 Å². The van der Waals surface area contributed by atoms with Crippen molar-refractivity contribution in [3.8, 4) is 6.07 Å². The zero-order valence-electron chi connectivity index (χ0n) is 10.2. The molecule has 1 unspecified atom stereocenters. The third-order valence-electron chi connectivity index (χ3n) is 2.49. The number of amides is 1. The summed E-state index contributed by atoms with van der Waals surface area (Å²) in [4.78, 5) is 22.1. The number of nitrogens with one attached hydrogen (secondary N) is 1. The molecule has 0 bridgehead atoms. The molecule has 20 heavy (non-hydrogen) atoms. The molecule has 1 atom stereocenters. The Morgan fingerprint density at radius 3 is 2.45 bits per heavy atom. The highest BCUT2D eigenvalue weighted by Gasteiger charge is 2.31. The summed E-state index contributed by atoms with van der Waals surface area (Å²) in [5.41, 5.74) is -1.59. The molecule has 0 radical (unpaired) electrons. The standard InChI is InChI=1S/C12H9F3N2O3/c1-6(11(19)20)10(18)17-9-3-2-8(12(13,14)15)4-7(9)5-16/h2-4,6H,1H3,(H,17,18)(H,19,20). The van der Waals surface area contributed by atoms with Crippen molar-refractivity contribution in [2.45, 2.75) is 13.1 Å². The first-order valence-electron chi connectivity index (χ1n) is 5.32. The molecule has 1 aromatic carbocycles. The predicted molar refractivity (Wildman–Crippen MR) is 61.6 cm³/mol. The largest absolute Gasteiger partial charge is 0.481 e. The highest BCUT2D eigenvalue weighted by molar-refractivity contribution is 6.04. The van der Waals surface area contributed by atoms with Gasteiger partial charge in [-0.3, -0.25) is 9.59 Å². The second-order valence-corrected chi connectivity index (χ2v) is 3.92. The number of anilines is 1. The summed E-state index contributed by atoms with van der Waals surface area (Å²) in [5.74, 6) is -3.69. The Labute approximate surface area is 111 Å². The summed E-state index contributed by atoms with van der Waals surface area (Å²) < 4.78 is 37.4. The summed E-state index contributed by atoms with van der Waals surface area (Å²) in [6.45, 7) is 1.12. The highest BCUT2D eigenvalue weighted by atomic mass is 19.4. The SMILES string of the molecule is CC(C(=O)O)C(=O)Nc1ccc(C(F)(F)F)cc1C#N. The number of nitriles is 1. The minimum atomic E-state index is -4.61. The number of aliphatic carboxylic acids is 1. The van der Waals surface area contributed by atoms with Crippen LogP contribution in [-0.2, 0) is 15.8 Å². The molecule has 0 aromatic heterocycles. The molecule has 0 aliphatic carbocycles. The maximum atomic E-state index is 12.5. The Morgan fingerprint density at radius 1 is 1.40 bits per heavy atom. The average molecular weight is 286 g/mol. The number of halogens is 3. The van der Waals surface area contributed by atoms with Gasteiger partial charge in [0.05, 0.1) is 16.8 Å². The number of hydrogen-bond donors (Lipinski definition) is 2. The van der Waals surface area contributed by atoms with Gasteiger partial charge in [-0.15, -0.1) is 0 Å². The van der Waals surface area contributed by atoms with Crippen LogP contribution in [0.3, 0.4) is 0 Å². The van der Waals surface area contributed by atoms with Gasteiger partial charge in [0.15, 0.2) is 0 Å². The number of carboxylic acids is 1. The minimum absolute atomic E-state index is 0.168. The summed E-state index contributed by atoms with van der Waals surface area (Å²) in [6.07, 6.45) is -4.61. The molecule has 0 spiro atoms. The highest BCUT2D eigenvalue weighted by Crippen LogP contribution is 2.31. The lowest BCUT2D eigenvalue weighted by Crippen LogP contribution is -2.27. The summed E-state index contributed by atoms with van der Waals surface area (Å²) in [5, 5.41) is 19.5. The molecule has 0 saturated carbocycles. The van der Waals surface area contributed by atoms with E-state index in [4.69, 9.17) is 10.4 Å². The Kier molecular flexibility index (Phi) is 4.34. The van der Waals surface area contributed by atoms with Crippen molar-refractivity contribution < 1.29 is 27.9 Å². The molecule has 0 heterocycles. The fraction of sp³-hybridized carbons (Fsp3) is 0.250. The van der Waals surface area contributed by atoms with E-state index in [2.05, 4.69) is 5.32 Å². The van der Waals surface area contributed by atoms with Crippen molar-refractivity contribution in [3.63, 3.8) is 0 Å². The minimum Gasteiger partial charge on any atom is -0.481 e. The molecule has 8 heteroatoms. The smallest absolute Gasteiger partial charge is 0.416 e. The van der Waals surface area contributed by atoms with Crippen molar-refractivity contribution in [2.24, 2.45) is 5.92 Å². The quantitative estimate of drug-likeness (QED) is 0.834. The van der Waals surface area contributed by atoms with Crippen LogP contribution in [-0.4, -0.2) is 17.0 Å². The Balaban J connectivity index is 3.07. The Bertz CT molecular complexity index is 591. The Hall–Kier alpha value is -2.56. The van der Waals surface area contributed by atoms with Crippen molar-refractivity contribution in [1.29, 1.82) is 5.26 Å². The third kappa shape index (κ3) is 3.47. The van der Waals surface area contributed by atoms with Gasteiger partial charge < -0.3 is 10.4 Å². The zero-order valence-corrected chi connectivity index (χ0v) is 10.2. The number of rotatable bonds is 3. The topological polar surface area (TPSA) is 90.2 Å². The van der Waals surface area contributed by atoms with Crippen LogP contribution in [0.4, 0.5) is 18.9 Å². The molecule has 2 N–H and O–H groups in total. The van der Waals surface area contributed by atoms with Crippen molar-refractivity contribution in [2.75, 3.05) is 5.32 Å². The number of carbonyl (C=O) groups is 2. The van der Waals surface area contributed by atoms with E-state index in [9.17, 15) is 22.8 Å². The molecule has 1 rings (SSSR count). The number of carbonyl (C=O) groups excluding carboxylic acids is 1. The van der Waals surface area contributed by atoms with Crippen LogP contribution in [0.1, 0.15) is 18.1 Å². The van der Waals surface area contributed by atoms with Crippen LogP contribution >= 0.6 is 0 Å². The molecule has 1 amide bonds. The molecule has 0 aliphatic rings. The van der Waals surface area contributed by atoms with Gasteiger partial charge in [0, 0.05) is 0 Å². The number of nitrogens with zero attached hydrogens (tertiary/aromatic N) is 1. The number of alkyl halides is 3. The van der Waals surface area contributed by atoms with E-state index < -0.39 is 35.1 Å². The maximum Gasteiger partial charge on any atom is 0.416 e. The van der Waals surface area contributed by atoms with E-state index in [1.54, 1.807) is 0 Å². The maximum absolute atomic E-state index is 12.5. The van der Waals surface area contributed by atoms with Gasteiger partial charge in [-0.25, -0.2) is 0 Å². The monoisotopic (exact) mass is 286 g/mol. The van der Waals surface area contributed by atoms with Crippen LogP contribution in [0, 0.1) is 17.2 Å². The second kappa shape index (κ2) is 5.61. The average Bonchev–Trinajstić information content (AvgIpc) is 2.36. The van der Waals surface area contributed by atoms with Gasteiger partial charge in [0.2, 0.25) is 5.91 Å². The number of hydrogen-bond acceptors (Lipinski definition) is 3. The van der Waals surface area contributed by atoms with E-state index in [-0.39, 0.29) is 5.69 Å². The van der Waals surface area contributed by atoms with E-state index in [0.29, 0.717) is 12.1 Å². The molecular weight excluding hydrogens is 277 g/mol. The first kappa shape index (κ1) is 15.5. The van der Waals surface area contributed by atoms with Crippen LogP contribution in [0.25, 0.3) is 0 Å². The predicted octanol–water partition coefficient (Wildman–Crippen LogP) is 2.24. The molecule has 0 saturated heterocycles. The third-order valence-corrected chi connectivity index (χ3v) is 2.49. The molecule has 5 nitrogen and oxygen atoms in total. The molecule has 106 valence electrons. The lowest BCUT2D eigenvalue weighted by atomic mass is 10.1. The first-order chi connectivity index (χ1) is 9.16. The fourth-order valence-corrected chi connectivity index (χ4v) is 1.28. The normalized spacial score (nSPS) is 12.3. The lowest BCUT2D eigenvalue weighted by Gasteiger charge is -2.12. The second-order valence-electron chi connectivity index (χ2n) is 3.92. The molecular formula is C12H9F3N2O3. The summed E-state index contributed by atoms with van der Waals surface area (Å²) in [7, 11) is 0. The van der Waals surface area contributed by atoms with E-state index in [1.165, 1.54) is 6.07 Å². The summed E-state index contributed by atoms with van der Waals surface area (Å²) in [6, 6.07) is 3.71. The van der Waals surface area contributed by atoms with Crippen LogP contribution in [0.2, 0.25) is 0 Å². The van der Waals surface area contributed by atoms with Gasteiger partial charge in [0.1, 0.15) is 12.0 Å². The Morgan fingerprint density at radius 2 is 2.00 bits per heavy atom. The number of benzene rings is 1.